The lowest BCUT2D eigenvalue weighted by atomic mass is 9.91. The second-order valence-electron chi connectivity index (χ2n) is 37.9. The van der Waals surface area contributed by atoms with Crippen molar-refractivity contribution in [2.24, 2.45) is 5.11 Å². The minimum atomic E-state index is -1.42. The van der Waals surface area contributed by atoms with Crippen LogP contribution < -0.4 is 0 Å². The van der Waals surface area contributed by atoms with Gasteiger partial charge < -0.3 is 80.9 Å². The van der Waals surface area contributed by atoms with Crippen LogP contribution in [0.1, 0.15) is 116 Å². The Kier molecular flexibility index (Phi) is 36.3. The normalized spacial score (nSPS) is 24.0. The van der Waals surface area contributed by atoms with Gasteiger partial charge >= 0.3 is 0 Å². The number of nitrogens with zero attached hydrogens (tertiary/aromatic N) is 12. The van der Waals surface area contributed by atoms with Crippen molar-refractivity contribution in [2.45, 2.75) is 240 Å². The predicted molar refractivity (Wildman–Crippen MR) is 550 cm³/mol. The fourth-order valence-corrected chi connectivity index (χ4v) is 19.1. The van der Waals surface area contributed by atoms with E-state index in [1.54, 1.807) is 27.9 Å². The lowest BCUT2D eigenvalue weighted by molar-refractivity contribution is -0.271. The molecule has 3 aromatic heterocycles. The Balaban J connectivity index is 0.699. The van der Waals surface area contributed by atoms with Crippen LogP contribution in [0.4, 0.5) is 0 Å². The van der Waals surface area contributed by atoms with Gasteiger partial charge in [0.1, 0.15) is 139 Å². The SMILES string of the molecule is CC(C)(O)C#C[C@H]1O[C@H](Cn2cc([C@H]3O[C@H](Cn4cc([C@H]5O[C@H](Cn6cc([C@H]7O[C@H](CN=[N+]=[N-])[C@@H](OCc8ccccc8)[C@H](OCc8ccccc8)[C@@H]7OCc7ccccc7)nn6)[C@@H](OCc6ccccc6)[C@H](OCc6ccccc6)[C@@H]5OCc5ccccc5)nn4)[C@@H](OCc4ccccc4)[C@H](OCc4ccccc4)[C@@H]3OCc3ccccc3)nn2)[C@@H](OCc2ccccc2)[C@H](OCc2ccccc2)[C@@H]1OCc1ccccc1. The summed E-state index contributed by atoms with van der Waals surface area (Å²) in [6, 6.07) is 119. The molecule has 12 aromatic carbocycles. The maximum Gasteiger partial charge on any atom is 0.147 e. The first-order valence-electron chi connectivity index (χ1n) is 50.4. The van der Waals surface area contributed by atoms with Gasteiger partial charge in [-0.15, -0.1) is 15.3 Å². The highest BCUT2D eigenvalue weighted by atomic mass is 16.6. The van der Waals surface area contributed by atoms with E-state index >= 15 is 0 Å². The van der Waals surface area contributed by atoms with Crippen LogP contribution in [0, 0.1) is 11.8 Å². The summed E-state index contributed by atoms with van der Waals surface area (Å²) < 4.78 is 122. The number of hydrogen-bond acceptors (Lipinski definition) is 24. The van der Waals surface area contributed by atoms with Crippen molar-refractivity contribution in [3.05, 3.63) is 477 Å². The molecular formula is C119H122N12O17. The lowest BCUT2D eigenvalue weighted by Crippen LogP contribution is -2.60. The minimum absolute atomic E-state index is 0.000224. The van der Waals surface area contributed by atoms with Gasteiger partial charge in [-0.3, -0.25) is 0 Å². The van der Waals surface area contributed by atoms with E-state index in [-0.39, 0.29) is 105 Å². The van der Waals surface area contributed by atoms with Crippen LogP contribution in [-0.2, 0) is 175 Å². The first-order valence-corrected chi connectivity index (χ1v) is 50.4. The third kappa shape index (κ3) is 28.4. The van der Waals surface area contributed by atoms with E-state index in [0.717, 1.165) is 66.8 Å². The molecule has 0 amide bonds. The Morgan fingerprint density at radius 1 is 0.270 bits per heavy atom. The van der Waals surface area contributed by atoms with Crippen molar-refractivity contribution < 1.29 is 80.9 Å². The van der Waals surface area contributed by atoms with Crippen molar-refractivity contribution in [2.75, 3.05) is 6.54 Å². The number of aromatic nitrogens is 9. The molecule has 760 valence electrons. The van der Waals surface area contributed by atoms with E-state index in [4.69, 9.17) is 107 Å². The molecule has 29 heteroatoms. The van der Waals surface area contributed by atoms with Crippen LogP contribution in [0.2, 0.25) is 0 Å². The van der Waals surface area contributed by atoms with Gasteiger partial charge in [0.25, 0.3) is 0 Å². The Hall–Kier alpha value is -13.8. The standard InChI is InChI=1S/C119H122N12O17/c1-119(2,132)64-63-99-107(133-72-84-39-15-3-16-40-84)115(141-80-92-55-31-11-32-56-92)109(135-74-86-43-19-5-20-44-86)101(145-99)69-129-67-97(123-126-129)105-113(139-78-90-51-27-9-28-52-90)117(143-82-94-59-35-13-36-60-94)111(137-76-88-47-23-7-24-48-88)103(147-105)71-131-68-98(124-128-131)106-114(140-79-91-53-29-10-30-54-91)118(144-83-95-61-37-14-38-62-95)110(136-75-87-45-21-6-22-46-87)102(148-106)70-130-66-96(122-127-130)104-112(138-77-89-49-25-8-26-50-89)116(142-81-93-57-33-12-34-58-93)108(100(146-104)65-121-125-120)134-73-85-41-17-4-18-42-85/h3-62,66-68,99-118,132H,65,69-83H2,1-2H3/t99-,100-,101-,102-,103-,104-,105-,106-,107-,108-,109-,110-,111-,112-,113-,114-,115-,116+,117+,118+/m1/s1. The van der Waals surface area contributed by atoms with E-state index in [9.17, 15) is 10.6 Å². The predicted octanol–water partition coefficient (Wildman–Crippen LogP) is 19.1. The highest BCUT2D eigenvalue weighted by molar-refractivity contribution is 5.27. The molecule has 4 fully saturated rings. The molecule has 19 rings (SSSR count). The molecule has 0 spiro atoms. The first kappa shape index (κ1) is 103. The summed E-state index contributed by atoms with van der Waals surface area (Å²) in [6.07, 6.45) is -12.8. The van der Waals surface area contributed by atoms with Gasteiger partial charge in [0.05, 0.1) is 130 Å². The number of ether oxygens (including phenoxy) is 16. The highest BCUT2D eigenvalue weighted by Crippen LogP contribution is 2.44. The molecule has 0 radical (unpaired) electrons. The molecule has 4 saturated heterocycles. The van der Waals surface area contributed by atoms with E-state index in [1.165, 1.54) is 0 Å². The van der Waals surface area contributed by atoms with Gasteiger partial charge in [-0.2, -0.15) is 0 Å². The topological polar surface area (TPSA) is 309 Å². The van der Waals surface area contributed by atoms with E-state index in [2.05, 4.69) is 21.9 Å². The molecule has 4 aliphatic heterocycles. The average molecular weight is 1990 g/mol. The maximum absolute atomic E-state index is 11.4. The minimum Gasteiger partial charge on any atom is -0.378 e. The second-order valence-corrected chi connectivity index (χ2v) is 37.9. The number of azide groups is 1. The van der Waals surface area contributed by atoms with E-state index in [0.29, 0.717) is 17.1 Å². The van der Waals surface area contributed by atoms with Crippen molar-refractivity contribution >= 4 is 0 Å². The Bertz CT molecular complexity index is 6580. The molecular weight excluding hydrogens is 1870 g/mol. The summed E-state index contributed by atoms with van der Waals surface area (Å²) in [5, 5.41) is 45.8. The molecule has 1 N–H and O–H groups in total. The zero-order valence-electron chi connectivity index (χ0n) is 82.6. The van der Waals surface area contributed by atoms with Crippen LogP contribution in [0.15, 0.2) is 388 Å². The second kappa shape index (κ2) is 52.2. The first-order chi connectivity index (χ1) is 72.9. The molecule has 0 bridgehead atoms. The van der Waals surface area contributed by atoms with Gasteiger partial charge in [0.15, 0.2) is 0 Å². The largest absolute Gasteiger partial charge is 0.378 e. The lowest BCUT2D eigenvalue weighted by Gasteiger charge is -2.46. The summed E-state index contributed by atoms with van der Waals surface area (Å²) >= 11 is 0. The van der Waals surface area contributed by atoms with Crippen LogP contribution in [0.5, 0.6) is 0 Å². The summed E-state index contributed by atoms with van der Waals surface area (Å²) in [4.78, 5) is 3.24. The summed E-state index contributed by atoms with van der Waals surface area (Å²) in [5.74, 6) is 6.38. The number of benzene rings is 12. The van der Waals surface area contributed by atoms with Gasteiger partial charge in [0.2, 0.25) is 0 Å². The summed E-state index contributed by atoms with van der Waals surface area (Å²) in [7, 11) is 0. The average Bonchev–Trinajstić information content (AvgIpc) is 1.45. The van der Waals surface area contributed by atoms with Gasteiger partial charge in [0, 0.05) is 4.91 Å². The van der Waals surface area contributed by atoms with Crippen LogP contribution in [-0.4, -0.2) is 166 Å². The molecule has 0 aliphatic carbocycles. The maximum atomic E-state index is 11.4. The Morgan fingerprint density at radius 3 is 0.682 bits per heavy atom. The summed E-state index contributed by atoms with van der Waals surface area (Å²) in [6.45, 7) is 5.12. The highest BCUT2D eigenvalue weighted by Gasteiger charge is 2.55. The van der Waals surface area contributed by atoms with Crippen LogP contribution >= 0.6 is 0 Å². The molecule has 4 aliphatic rings. The number of aliphatic hydroxyl groups is 1. The fourth-order valence-electron chi connectivity index (χ4n) is 19.1. The summed E-state index contributed by atoms with van der Waals surface area (Å²) in [5.41, 5.74) is 20.7. The van der Waals surface area contributed by atoms with Crippen molar-refractivity contribution in [3.8, 4) is 11.8 Å². The van der Waals surface area contributed by atoms with Gasteiger partial charge in [-0.25, -0.2) is 14.0 Å². The molecule has 15 aromatic rings. The zero-order chi connectivity index (χ0) is 101. The number of hydrogen-bond donors (Lipinski definition) is 1. The van der Waals surface area contributed by atoms with Gasteiger partial charge in [-0.1, -0.05) is 397 Å². The van der Waals surface area contributed by atoms with Gasteiger partial charge in [-0.05, 0) is 86.1 Å². The van der Waals surface area contributed by atoms with Crippen LogP contribution in [0.3, 0.4) is 0 Å². The molecule has 20 atom stereocenters. The van der Waals surface area contributed by atoms with Crippen LogP contribution in [0.25, 0.3) is 10.4 Å². The Morgan fingerprint density at radius 2 is 0.459 bits per heavy atom. The van der Waals surface area contributed by atoms with E-state index in [1.807, 2.05) is 383 Å². The third-order valence-electron chi connectivity index (χ3n) is 26.4. The molecule has 0 saturated carbocycles. The van der Waals surface area contributed by atoms with Crippen molar-refractivity contribution in [1.82, 2.24) is 45.0 Å². The fraction of sp³-hybridized carbons (Fsp3) is 0.328. The molecule has 29 nitrogen and oxygen atoms in total. The smallest absolute Gasteiger partial charge is 0.147 e. The molecule has 7 heterocycles. The zero-order valence-corrected chi connectivity index (χ0v) is 82.6. The molecule has 148 heavy (non-hydrogen) atoms. The molecule has 0 unspecified atom stereocenters. The van der Waals surface area contributed by atoms with Crippen molar-refractivity contribution in [1.29, 1.82) is 0 Å². The van der Waals surface area contributed by atoms with Crippen molar-refractivity contribution in [3.63, 3.8) is 0 Å². The third-order valence-corrected chi connectivity index (χ3v) is 26.4. The van der Waals surface area contributed by atoms with E-state index < -0.39 is 128 Å². The number of rotatable bonds is 47. The quantitative estimate of drug-likeness (QED) is 0.0160. The Labute approximate surface area is 861 Å². The monoisotopic (exact) mass is 1990 g/mol.